The molecule has 98 valence electrons. The number of rotatable bonds is 6. The first-order valence-corrected chi connectivity index (χ1v) is 5.03. The molecule has 1 unspecified atom stereocenters. The summed E-state index contributed by atoms with van der Waals surface area (Å²) in [6.07, 6.45) is -0.691. The van der Waals surface area contributed by atoms with Crippen molar-refractivity contribution < 1.29 is 24.2 Å². The molecule has 0 saturated carbocycles. The van der Waals surface area contributed by atoms with Gasteiger partial charge in [-0.25, -0.2) is 14.4 Å². The topological polar surface area (TPSA) is 131 Å². The number of carboxylic acids is 1. The predicted octanol–water partition coefficient (Wildman–Crippen LogP) is -0.366. The van der Waals surface area contributed by atoms with Crippen LogP contribution in [0.25, 0.3) is 0 Å². The van der Waals surface area contributed by atoms with E-state index in [1.807, 2.05) is 0 Å². The minimum absolute atomic E-state index is 0.0498. The number of urea groups is 1. The maximum absolute atomic E-state index is 11.3. The summed E-state index contributed by atoms with van der Waals surface area (Å²) in [7, 11) is 0. The molecule has 5 N–H and O–H groups in total. The third-order valence-corrected chi connectivity index (χ3v) is 2.20. The van der Waals surface area contributed by atoms with Crippen LogP contribution in [0.3, 0.4) is 0 Å². The third-order valence-electron chi connectivity index (χ3n) is 2.20. The number of hydrogen-bond donors (Lipinski definition) is 4. The van der Waals surface area contributed by atoms with E-state index in [0.717, 1.165) is 0 Å². The number of hydrogen-bond acceptors (Lipinski definition) is 4. The normalized spacial score (nSPS) is 13.3. The summed E-state index contributed by atoms with van der Waals surface area (Å²) in [4.78, 5) is 32.4. The van der Waals surface area contributed by atoms with Gasteiger partial charge in [-0.15, -0.1) is 0 Å². The fraction of sp³-hybridized carbons (Fsp3) is 0.667. The van der Waals surface area contributed by atoms with Gasteiger partial charge in [0.05, 0.1) is 6.54 Å². The van der Waals surface area contributed by atoms with Gasteiger partial charge >= 0.3 is 18.1 Å². The lowest BCUT2D eigenvalue weighted by molar-refractivity contribution is -0.143. The summed E-state index contributed by atoms with van der Waals surface area (Å²) in [6.45, 7) is 3.02. The van der Waals surface area contributed by atoms with Crippen LogP contribution in [-0.2, 0) is 9.53 Å². The van der Waals surface area contributed by atoms with Crippen LogP contribution >= 0.6 is 0 Å². The van der Waals surface area contributed by atoms with Crippen LogP contribution in [0, 0.1) is 0 Å². The molecule has 8 nitrogen and oxygen atoms in total. The van der Waals surface area contributed by atoms with Gasteiger partial charge in [0.2, 0.25) is 0 Å². The number of primary amides is 1. The molecule has 1 atom stereocenters. The second kappa shape index (κ2) is 6.56. The zero-order valence-corrected chi connectivity index (χ0v) is 9.78. The Kier molecular flexibility index (Phi) is 5.79. The molecule has 8 heteroatoms. The summed E-state index contributed by atoms with van der Waals surface area (Å²) >= 11 is 0. The average Bonchev–Trinajstić information content (AvgIpc) is 2.23. The van der Waals surface area contributed by atoms with Gasteiger partial charge in [-0.3, -0.25) is 0 Å². The lowest BCUT2D eigenvalue weighted by atomic mass is 10.00. The van der Waals surface area contributed by atoms with Crippen LogP contribution in [0.2, 0.25) is 0 Å². The summed E-state index contributed by atoms with van der Waals surface area (Å²) in [5, 5.41) is 13.5. The molecule has 3 amide bonds. The number of aliphatic carboxylic acids is 1. The zero-order chi connectivity index (χ0) is 13.5. The van der Waals surface area contributed by atoms with Crippen LogP contribution in [0.15, 0.2) is 0 Å². The molecule has 0 fully saturated rings. The molecular formula is C9H17N3O5. The van der Waals surface area contributed by atoms with Gasteiger partial charge in [0.25, 0.3) is 0 Å². The number of nitrogens with two attached hydrogens (primary N) is 1. The number of carbonyl (C=O) groups is 3. The van der Waals surface area contributed by atoms with Crippen molar-refractivity contribution in [2.75, 3.05) is 13.2 Å². The quantitative estimate of drug-likeness (QED) is 0.476. The van der Waals surface area contributed by atoms with Crippen LogP contribution in [0.5, 0.6) is 0 Å². The third kappa shape index (κ3) is 5.59. The van der Waals surface area contributed by atoms with Crippen molar-refractivity contribution >= 4 is 18.1 Å². The van der Waals surface area contributed by atoms with Crippen LogP contribution in [0.4, 0.5) is 9.59 Å². The van der Waals surface area contributed by atoms with Gasteiger partial charge in [0, 0.05) is 0 Å². The van der Waals surface area contributed by atoms with Crippen molar-refractivity contribution in [3.63, 3.8) is 0 Å². The van der Waals surface area contributed by atoms with E-state index in [1.54, 1.807) is 6.92 Å². The van der Waals surface area contributed by atoms with Gasteiger partial charge < -0.3 is 26.2 Å². The number of carbonyl (C=O) groups excluding carboxylic acids is 2. The monoisotopic (exact) mass is 247 g/mol. The van der Waals surface area contributed by atoms with Gasteiger partial charge in [-0.1, -0.05) is 6.92 Å². The highest BCUT2D eigenvalue weighted by molar-refractivity contribution is 5.85. The van der Waals surface area contributed by atoms with Gasteiger partial charge in [-0.05, 0) is 13.3 Å². The summed E-state index contributed by atoms with van der Waals surface area (Å²) in [6, 6.07) is -0.648. The van der Waals surface area contributed by atoms with Crippen LogP contribution in [0.1, 0.15) is 20.3 Å². The van der Waals surface area contributed by atoms with Crippen molar-refractivity contribution in [1.29, 1.82) is 0 Å². The highest BCUT2D eigenvalue weighted by Gasteiger charge is 2.32. The molecule has 17 heavy (non-hydrogen) atoms. The maximum atomic E-state index is 11.3. The fourth-order valence-corrected chi connectivity index (χ4v) is 0.904. The molecule has 0 aromatic carbocycles. The minimum atomic E-state index is -1.32. The van der Waals surface area contributed by atoms with Gasteiger partial charge in [0.15, 0.2) is 0 Å². The largest absolute Gasteiger partial charge is 0.480 e. The Morgan fingerprint density at radius 1 is 1.41 bits per heavy atom. The van der Waals surface area contributed by atoms with Crippen molar-refractivity contribution in [3.8, 4) is 0 Å². The minimum Gasteiger partial charge on any atom is -0.480 e. The summed E-state index contributed by atoms with van der Waals surface area (Å²) in [5.74, 6) is -1.12. The van der Waals surface area contributed by atoms with Crippen LogP contribution in [-0.4, -0.2) is 41.9 Å². The van der Waals surface area contributed by atoms with Crippen LogP contribution < -0.4 is 16.4 Å². The highest BCUT2D eigenvalue weighted by Crippen LogP contribution is 2.08. The number of ether oxygens (including phenoxy) is 1. The first-order valence-electron chi connectivity index (χ1n) is 5.03. The Labute approximate surface area is 98.5 Å². The summed E-state index contributed by atoms with van der Waals surface area (Å²) < 4.78 is 4.38. The Bertz CT molecular complexity index is 307. The number of carboxylic acid groups (broad SMARTS) is 1. The van der Waals surface area contributed by atoms with Gasteiger partial charge in [-0.2, -0.15) is 0 Å². The molecule has 0 aliphatic heterocycles. The molecule has 0 saturated heterocycles. The van der Waals surface area contributed by atoms with E-state index < -0.39 is 23.6 Å². The Balaban J connectivity index is 4.00. The van der Waals surface area contributed by atoms with Crippen molar-refractivity contribution in [3.05, 3.63) is 0 Å². The Hall–Kier alpha value is -1.99. The molecule has 0 aliphatic carbocycles. The molecule has 0 spiro atoms. The van der Waals surface area contributed by atoms with E-state index in [4.69, 9.17) is 10.8 Å². The van der Waals surface area contributed by atoms with E-state index in [9.17, 15) is 14.4 Å². The lowest BCUT2D eigenvalue weighted by Gasteiger charge is -2.24. The van der Waals surface area contributed by atoms with E-state index in [1.165, 1.54) is 6.92 Å². The fourth-order valence-electron chi connectivity index (χ4n) is 0.904. The second-order valence-electron chi connectivity index (χ2n) is 3.54. The van der Waals surface area contributed by atoms with Crippen molar-refractivity contribution in [1.82, 2.24) is 10.6 Å². The Morgan fingerprint density at radius 2 is 2.00 bits per heavy atom. The predicted molar refractivity (Wildman–Crippen MR) is 58.4 cm³/mol. The SMILES string of the molecule is CCC(C)(NC(=O)NCCOC(N)=O)C(=O)O. The summed E-state index contributed by atoms with van der Waals surface area (Å²) in [5.41, 5.74) is 3.38. The van der Waals surface area contributed by atoms with E-state index in [2.05, 4.69) is 15.4 Å². The smallest absolute Gasteiger partial charge is 0.404 e. The average molecular weight is 247 g/mol. The molecule has 0 bridgehead atoms. The standard InChI is InChI=1S/C9H17N3O5/c1-3-9(2,6(13)14)12-8(16)11-4-5-17-7(10)15/h3-5H2,1-2H3,(H2,10,15)(H,13,14)(H2,11,12,16). The van der Waals surface area contributed by atoms with Gasteiger partial charge in [0.1, 0.15) is 12.1 Å². The molecule has 0 heterocycles. The molecule has 0 aromatic rings. The van der Waals surface area contributed by atoms with E-state index in [-0.39, 0.29) is 19.6 Å². The molecule has 0 radical (unpaired) electrons. The van der Waals surface area contributed by atoms with E-state index in [0.29, 0.717) is 0 Å². The Morgan fingerprint density at radius 3 is 2.41 bits per heavy atom. The second-order valence-corrected chi connectivity index (χ2v) is 3.54. The molecule has 0 aromatic heterocycles. The molecule has 0 aliphatic rings. The molecular weight excluding hydrogens is 230 g/mol. The molecule has 0 rings (SSSR count). The van der Waals surface area contributed by atoms with E-state index >= 15 is 0 Å². The number of nitrogens with one attached hydrogen (secondary N) is 2. The lowest BCUT2D eigenvalue weighted by Crippen LogP contribution is -2.55. The van der Waals surface area contributed by atoms with Crippen molar-refractivity contribution in [2.24, 2.45) is 5.73 Å². The highest BCUT2D eigenvalue weighted by atomic mass is 16.5. The zero-order valence-electron chi connectivity index (χ0n) is 9.78. The first kappa shape index (κ1) is 15.0. The number of amides is 3. The maximum Gasteiger partial charge on any atom is 0.404 e. The van der Waals surface area contributed by atoms with Crippen molar-refractivity contribution in [2.45, 2.75) is 25.8 Å². The first-order chi connectivity index (χ1) is 7.81.